The Bertz CT molecular complexity index is 674. The van der Waals surface area contributed by atoms with E-state index in [9.17, 15) is 0 Å². The number of aromatic nitrogens is 5. The average Bonchev–Trinajstić information content (AvgIpc) is 3.09. The maximum Gasteiger partial charge on any atom is 0.161 e. The second kappa shape index (κ2) is 5.56. The molecule has 3 rings (SSSR count). The fourth-order valence-electron chi connectivity index (χ4n) is 1.90. The molecule has 0 fully saturated rings. The van der Waals surface area contributed by atoms with Crippen molar-refractivity contribution in [2.24, 2.45) is 7.05 Å². The van der Waals surface area contributed by atoms with E-state index in [0.29, 0.717) is 13.2 Å². The molecule has 2 heterocycles. The topological polar surface area (TPSA) is 57.8 Å². The van der Waals surface area contributed by atoms with Gasteiger partial charge in [0.2, 0.25) is 0 Å². The van der Waals surface area contributed by atoms with E-state index in [1.54, 1.807) is 10.9 Å². The highest BCUT2D eigenvalue weighted by Crippen LogP contribution is 2.12. The first-order valence-corrected chi connectivity index (χ1v) is 6.38. The number of ether oxygens (including phenoxy) is 1. The van der Waals surface area contributed by atoms with Crippen LogP contribution in [0.5, 0.6) is 5.75 Å². The van der Waals surface area contributed by atoms with E-state index in [1.165, 1.54) is 0 Å². The monoisotopic (exact) mass is 269 g/mol. The molecule has 0 aliphatic carbocycles. The van der Waals surface area contributed by atoms with E-state index in [2.05, 4.69) is 15.3 Å². The lowest BCUT2D eigenvalue weighted by Crippen LogP contribution is -2.08. The first-order valence-electron chi connectivity index (χ1n) is 6.38. The Morgan fingerprint density at radius 3 is 2.80 bits per heavy atom. The summed E-state index contributed by atoms with van der Waals surface area (Å²) in [7, 11) is 1.93. The zero-order chi connectivity index (χ0) is 13.8. The van der Waals surface area contributed by atoms with Gasteiger partial charge in [0, 0.05) is 19.4 Å². The van der Waals surface area contributed by atoms with Crippen LogP contribution in [0.3, 0.4) is 0 Å². The second-order valence-electron chi connectivity index (χ2n) is 4.39. The number of benzene rings is 1. The molecule has 20 heavy (non-hydrogen) atoms. The van der Waals surface area contributed by atoms with Gasteiger partial charge in [-0.1, -0.05) is 23.4 Å². The van der Waals surface area contributed by atoms with Gasteiger partial charge in [-0.25, -0.2) is 9.67 Å². The van der Waals surface area contributed by atoms with Crippen molar-refractivity contribution in [2.45, 2.75) is 6.54 Å². The fraction of sp³-hybridized carbons (Fsp3) is 0.214. The Morgan fingerprint density at radius 1 is 1.20 bits per heavy atom. The minimum Gasteiger partial charge on any atom is -0.492 e. The summed E-state index contributed by atoms with van der Waals surface area (Å²) >= 11 is 0. The standard InChI is InChI=1S/C14H15N5O/c1-18-8-7-15-14(18)13-11-19(17-16-13)9-10-20-12-5-3-2-4-6-12/h2-8,11H,9-10H2,1H3. The molecular weight excluding hydrogens is 254 g/mol. The van der Waals surface area contributed by atoms with Crippen LogP contribution in [0.1, 0.15) is 0 Å². The van der Waals surface area contributed by atoms with Crippen molar-refractivity contribution in [2.75, 3.05) is 6.61 Å². The number of para-hydroxylation sites is 1. The molecule has 102 valence electrons. The average molecular weight is 269 g/mol. The Kier molecular flexibility index (Phi) is 3.45. The molecule has 0 unspecified atom stereocenters. The first kappa shape index (κ1) is 12.4. The fourth-order valence-corrected chi connectivity index (χ4v) is 1.90. The smallest absolute Gasteiger partial charge is 0.161 e. The van der Waals surface area contributed by atoms with Gasteiger partial charge in [0.05, 0.1) is 12.7 Å². The number of rotatable bonds is 5. The third-order valence-electron chi connectivity index (χ3n) is 2.92. The Labute approximate surface area is 116 Å². The molecule has 0 aliphatic heterocycles. The predicted molar refractivity (Wildman–Crippen MR) is 74.2 cm³/mol. The third-order valence-corrected chi connectivity index (χ3v) is 2.92. The number of nitrogens with zero attached hydrogens (tertiary/aromatic N) is 5. The van der Waals surface area contributed by atoms with E-state index in [-0.39, 0.29) is 0 Å². The third kappa shape index (κ3) is 2.69. The van der Waals surface area contributed by atoms with Gasteiger partial charge in [0.1, 0.15) is 18.1 Å². The molecule has 0 atom stereocenters. The van der Waals surface area contributed by atoms with Gasteiger partial charge in [-0.15, -0.1) is 5.10 Å². The number of imidazole rings is 1. The molecule has 0 spiro atoms. The van der Waals surface area contributed by atoms with Gasteiger partial charge in [0.15, 0.2) is 5.82 Å². The zero-order valence-electron chi connectivity index (χ0n) is 11.2. The summed E-state index contributed by atoms with van der Waals surface area (Å²) in [4.78, 5) is 4.24. The molecule has 0 N–H and O–H groups in total. The molecule has 1 aromatic carbocycles. The molecule has 6 heteroatoms. The van der Waals surface area contributed by atoms with Gasteiger partial charge < -0.3 is 9.30 Å². The van der Waals surface area contributed by atoms with Crippen LogP contribution < -0.4 is 4.74 Å². The van der Waals surface area contributed by atoms with Crippen LogP contribution in [0.4, 0.5) is 0 Å². The van der Waals surface area contributed by atoms with Crippen molar-refractivity contribution >= 4 is 0 Å². The largest absolute Gasteiger partial charge is 0.492 e. The van der Waals surface area contributed by atoms with Crippen molar-refractivity contribution in [3.8, 4) is 17.3 Å². The maximum absolute atomic E-state index is 5.62. The summed E-state index contributed by atoms with van der Waals surface area (Å²) < 4.78 is 9.29. The van der Waals surface area contributed by atoms with E-state index in [0.717, 1.165) is 17.3 Å². The highest BCUT2D eigenvalue weighted by Gasteiger charge is 2.08. The van der Waals surface area contributed by atoms with Gasteiger partial charge in [-0.05, 0) is 12.1 Å². The number of hydrogen-bond acceptors (Lipinski definition) is 4. The maximum atomic E-state index is 5.62. The highest BCUT2D eigenvalue weighted by atomic mass is 16.5. The van der Waals surface area contributed by atoms with Crippen LogP contribution in [-0.2, 0) is 13.6 Å². The summed E-state index contributed by atoms with van der Waals surface area (Å²) in [6.45, 7) is 1.19. The molecular formula is C14H15N5O. The summed E-state index contributed by atoms with van der Waals surface area (Å²) in [5.41, 5.74) is 0.761. The zero-order valence-corrected chi connectivity index (χ0v) is 11.2. The first-order chi connectivity index (χ1) is 9.83. The summed E-state index contributed by atoms with van der Waals surface area (Å²) in [5, 5.41) is 8.20. The molecule has 3 aromatic rings. The molecule has 0 amide bonds. The lowest BCUT2D eigenvalue weighted by Gasteiger charge is -2.04. The van der Waals surface area contributed by atoms with Gasteiger partial charge in [-0.2, -0.15) is 0 Å². The summed E-state index contributed by atoms with van der Waals surface area (Å²) in [6.07, 6.45) is 5.50. The quantitative estimate of drug-likeness (QED) is 0.708. The van der Waals surface area contributed by atoms with Gasteiger partial charge >= 0.3 is 0 Å². The number of hydrogen-bond donors (Lipinski definition) is 0. The van der Waals surface area contributed by atoms with Crippen molar-refractivity contribution in [3.63, 3.8) is 0 Å². The van der Waals surface area contributed by atoms with E-state index in [1.807, 2.05) is 54.3 Å². The summed E-state index contributed by atoms with van der Waals surface area (Å²) in [6, 6.07) is 9.72. The van der Waals surface area contributed by atoms with Crippen LogP contribution in [0.2, 0.25) is 0 Å². The second-order valence-corrected chi connectivity index (χ2v) is 4.39. The molecule has 0 saturated carbocycles. The van der Waals surface area contributed by atoms with Crippen molar-refractivity contribution in [1.82, 2.24) is 24.5 Å². The molecule has 0 radical (unpaired) electrons. The molecule has 0 saturated heterocycles. The normalized spacial score (nSPS) is 10.7. The minimum atomic E-state index is 0.549. The van der Waals surface area contributed by atoms with Crippen LogP contribution in [-0.4, -0.2) is 31.2 Å². The molecule has 6 nitrogen and oxygen atoms in total. The SMILES string of the molecule is Cn1ccnc1-c1cn(CCOc2ccccc2)nn1. The van der Waals surface area contributed by atoms with Gasteiger partial charge in [0.25, 0.3) is 0 Å². The van der Waals surface area contributed by atoms with Crippen molar-refractivity contribution < 1.29 is 4.74 Å². The molecule has 0 aliphatic rings. The van der Waals surface area contributed by atoms with Crippen LogP contribution >= 0.6 is 0 Å². The minimum absolute atomic E-state index is 0.549. The lowest BCUT2D eigenvalue weighted by molar-refractivity contribution is 0.289. The lowest BCUT2D eigenvalue weighted by atomic mass is 10.3. The van der Waals surface area contributed by atoms with Crippen LogP contribution in [0, 0.1) is 0 Å². The summed E-state index contributed by atoms with van der Waals surface area (Å²) in [5.74, 6) is 1.66. The Morgan fingerprint density at radius 2 is 2.05 bits per heavy atom. The van der Waals surface area contributed by atoms with Crippen LogP contribution in [0.15, 0.2) is 48.9 Å². The van der Waals surface area contributed by atoms with Crippen LogP contribution in [0.25, 0.3) is 11.5 Å². The highest BCUT2D eigenvalue weighted by molar-refractivity contribution is 5.46. The van der Waals surface area contributed by atoms with E-state index >= 15 is 0 Å². The molecule has 0 bridgehead atoms. The van der Waals surface area contributed by atoms with Crippen molar-refractivity contribution in [3.05, 3.63) is 48.9 Å². The van der Waals surface area contributed by atoms with Gasteiger partial charge in [-0.3, -0.25) is 0 Å². The van der Waals surface area contributed by atoms with Crippen molar-refractivity contribution in [1.29, 1.82) is 0 Å². The Balaban J connectivity index is 1.59. The van der Waals surface area contributed by atoms with E-state index < -0.39 is 0 Å². The predicted octanol–water partition coefficient (Wildman–Crippen LogP) is 1.76. The molecule has 2 aromatic heterocycles. The van der Waals surface area contributed by atoms with E-state index in [4.69, 9.17) is 4.74 Å². The Hall–Kier alpha value is -2.63. The number of aryl methyl sites for hydroxylation is 1.